The molecule has 1 aromatic rings. The maximum atomic E-state index is 12.7. The highest BCUT2D eigenvalue weighted by Crippen LogP contribution is 2.27. The first kappa shape index (κ1) is 19.3. The molecule has 0 spiro atoms. The van der Waals surface area contributed by atoms with E-state index in [-0.39, 0.29) is 35.8 Å². The van der Waals surface area contributed by atoms with Crippen LogP contribution < -0.4 is 4.74 Å². The number of sulfonamides is 1. The molecule has 7 heteroatoms. The number of hydrogen-bond acceptors (Lipinski definition) is 5. The first-order valence-corrected chi connectivity index (χ1v) is 8.66. The molecule has 0 aliphatic heterocycles. The first-order valence-electron chi connectivity index (χ1n) is 7.22. The lowest BCUT2D eigenvalue weighted by atomic mass is 10.1. The second-order valence-electron chi connectivity index (χ2n) is 5.58. The Morgan fingerprint density at radius 1 is 1.17 bits per heavy atom. The number of aryl methyl sites for hydroxylation is 2. The average Bonchev–Trinajstić information content (AvgIpc) is 2.42. The number of carbonyl (C=O) groups is 2. The van der Waals surface area contributed by atoms with E-state index < -0.39 is 10.0 Å². The summed E-state index contributed by atoms with van der Waals surface area (Å²) >= 11 is 0. The van der Waals surface area contributed by atoms with E-state index in [1.807, 2.05) is 0 Å². The van der Waals surface area contributed by atoms with Gasteiger partial charge in [0, 0.05) is 20.0 Å². The van der Waals surface area contributed by atoms with Gasteiger partial charge in [0.2, 0.25) is 10.0 Å². The molecule has 0 atom stereocenters. The van der Waals surface area contributed by atoms with Crippen molar-refractivity contribution in [2.24, 2.45) is 0 Å². The largest absolute Gasteiger partial charge is 0.497 e. The van der Waals surface area contributed by atoms with Gasteiger partial charge < -0.3 is 4.74 Å². The molecule has 6 nitrogen and oxygen atoms in total. The van der Waals surface area contributed by atoms with Crippen LogP contribution >= 0.6 is 0 Å². The van der Waals surface area contributed by atoms with Gasteiger partial charge in [0.25, 0.3) is 0 Å². The van der Waals surface area contributed by atoms with E-state index in [0.717, 1.165) is 4.31 Å². The lowest BCUT2D eigenvalue weighted by Gasteiger charge is -2.20. The molecule has 0 bridgehead atoms. The third-order valence-electron chi connectivity index (χ3n) is 3.49. The zero-order chi connectivity index (χ0) is 17.8. The zero-order valence-electron chi connectivity index (χ0n) is 14.2. The van der Waals surface area contributed by atoms with E-state index in [2.05, 4.69) is 0 Å². The fourth-order valence-corrected chi connectivity index (χ4v) is 3.93. The molecule has 0 amide bonds. The van der Waals surface area contributed by atoms with Crippen LogP contribution in [0.15, 0.2) is 17.0 Å². The SMILES string of the molecule is COc1cc(C)c(S(=O)(=O)N(C)CCC(=O)CC(C)=O)c(C)c1. The van der Waals surface area contributed by atoms with E-state index in [4.69, 9.17) is 4.74 Å². The van der Waals surface area contributed by atoms with Gasteiger partial charge in [-0.3, -0.25) is 9.59 Å². The maximum absolute atomic E-state index is 12.7. The summed E-state index contributed by atoms with van der Waals surface area (Å²) in [6.07, 6.45) is -0.141. The third kappa shape index (κ3) is 4.87. The molecule has 0 radical (unpaired) electrons. The zero-order valence-corrected chi connectivity index (χ0v) is 15.0. The van der Waals surface area contributed by atoms with Crippen LogP contribution in [0.1, 0.15) is 30.9 Å². The highest BCUT2D eigenvalue weighted by molar-refractivity contribution is 7.89. The number of methoxy groups -OCH3 is 1. The number of nitrogens with zero attached hydrogens (tertiary/aromatic N) is 1. The van der Waals surface area contributed by atoms with Crippen molar-refractivity contribution in [1.29, 1.82) is 0 Å². The minimum Gasteiger partial charge on any atom is -0.497 e. The molecule has 0 saturated heterocycles. The Kier molecular flexibility index (Phi) is 6.47. The van der Waals surface area contributed by atoms with Crippen LogP contribution in [0.5, 0.6) is 5.75 Å². The first-order chi connectivity index (χ1) is 10.6. The minimum atomic E-state index is -3.71. The second kappa shape index (κ2) is 7.70. The predicted octanol–water partition coefficient (Wildman–Crippen LogP) is 1.87. The van der Waals surface area contributed by atoms with Crippen LogP contribution in [0.2, 0.25) is 0 Å². The molecule has 0 unspecified atom stereocenters. The Morgan fingerprint density at radius 3 is 2.13 bits per heavy atom. The number of ether oxygens (including phenoxy) is 1. The molecule has 0 saturated carbocycles. The van der Waals surface area contributed by atoms with Crippen LogP contribution in [0.4, 0.5) is 0 Å². The lowest BCUT2D eigenvalue weighted by Crippen LogP contribution is -2.30. The summed E-state index contributed by atoms with van der Waals surface area (Å²) in [7, 11) is -0.756. The van der Waals surface area contributed by atoms with Gasteiger partial charge in [-0.25, -0.2) is 12.7 Å². The van der Waals surface area contributed by atoms with Gasteiger partial charge in [-0.2, -0.15) is 0 Å². The molecular formula is C16H23NO5S. The summed E-state index contributed by atoms with van der Waals surface area (Å²) in [6.45, 7) is 4.79. The number of ketones is 2. The lowest BCUT2D eigenvalue weighted by molar-refractivity contribution is -0.125. The van der Waals surface area contributed by atoms with Gasteiger partial charge in [-0.1, -0.05) is 0 Å². The highest BCUT2D eigenvalue weighted by atomic mass is 32.2. The van der Waals surface area contributed by atoms with Crippen molar-refractivity contribution in [2.75, 3.05) is 20.7 Å². The molecule has 0 aromatic heterocycles. The second-order valence-corrected chi connectivity index (χ2v) is 7.57. The molecule has 1 rings (SSSR count). The topological polar surface area (TPSA) is 80.8 Å². The Morgan fingerprint density at radius 2 is 1.70 bits per heavy atom. The molecule has 0 heterocycles. The number of Topliss-reactive ketones (excluding diaryl/α,β-unsaturated/α-hetero) is 2. The van der Waals surface area contributed by atoms with Crippen LogP contribution in [0, 0.1) is 13.8 Å². The van der Waals surface area contributed by atoms with E-state index >= 15 is 0 Å². The Hall–Kier alpha value is -1.73. The fraction of sp³-hybridized carbons (Fsp3) is 0.500. The highest BCUT2D eigenvalue weighted by Gasteiger charge is 2.25. The molecule has 1 aromatic carbocycles. The molecule has 128 valence electrons. The van der Waals surface area contributed by atoms with Gasteiger partial charge in [0.05, 0.1) is 18.4 Å². The van der Waals surface area contributed by atoms with Crippen LogP contribution in [0.3, 0.4) is 0 Å². The van der Waals surface area contributed by atoms with Crippen LogP contribution in [-0.2, 0) is 19.6 Å². The number of hydrogen-bond donors (Lipinski definition) is 0. The number of rotatable bonds is 8. The summed E-state index contributed by atoms with van der Waals surface area (Å²) in [6, 6.07) is 3.32. The van der Waals surface area contributed by atoms with Crippen molar-refractivity contribution in [3.63, 3.8) is 0 Å². The van der Waals surface area contributed by atoms with Gasteiger partial charge in [-0.15, -0.1) is 0 Å². The molecular weight excluding hydrogens is 318 g/mol. The average molecular weight is 341 g/mol. The summed E-state index contributed by atoms with van der Waals surface area (Å²) in [4.78, 5) is 22.7. The summed E-state index contributed by atoms with van der Waals surface area (Å²) in [5, 5.41) is 0. The van der Waals surface area contributed by atoms with Crippen molar-refractivity contribution in [2.45, 2.75) is 38.5 Å². The summed E-state index contributed by atoms with van der Waals surface area (Å²) in [5.74, 6) is 0.114. The van der Waals surface area contributed by atoms with E-state index in [1.54, 1.807) is 26.0 Å². The number of benzene rings is 1. The van der Waals surface area contributed by atoms with Crippen molar-refractivity contribution < 1.29 is 22.7 Å². The number of carbonyl (C=O) groups excluding carboxylic acids is 2. The summed E-state index contributed by atoms with van der Waals surface area (Å²) in [5.41, 5.74) is 1.17. The molecule has 0 N–H and O–H groups in total. The summed E-state index contributed by atoms with van der Waals surface area (Å²) < 4.78 is 31.7. The monoisotopic (exact) mass is 341 g/mol. The van der Waals surface area contributed by atoms with Crippen molar-refractivity contribution >= 4 is 21.6 Å². The quantitative estimate of drug-likeness (QED) is 0.674. The van der Waals surface area contributed by atoms with Crippen LogP contribution in [0.25, 0.3) is 0 Å². The van der Waals surface area contributed by atoms with Crippen LogP contribution in [-0.4, -0.2) is 45.0 Å². The Balaban J connectivity index is 2.98. The van der Waals surface area contributed by atoms with Gasteiger partial charge >= 0.3 is 0 Å². The van der Waals surface area contributed by atoms with Crippen molar-refractivity contribution in [1.82, 2.24) is 4.31 Å². The standard InChI is InChI=1S/C16H23NO5S/c1-11-8-15(22-5)9-12(2)16(11)23(20,21)17(4)7-6-14(19)10-13(3)18/h8-9H,6-7,10H2,1-5H3. The molecule has 0 aliphatic carbocycles. The normalized spacial score (nSPS) is 11.6. The fourth-order valence-electron chi connectivity index (χ4n) is 2.36. The minimum absolute atomic E-state index is 0.0174. The van der Waals surface area contributed by atoms with Gasteiger partial charge in [-0.05, 0) is 44.0 Å². The van der Waals surface area contributed by atoms with Crippen molar-refractivity contribution in [3.05, 3.63) is 23.3 Å². The van der Waals surface area contributed by atoms with Gasteiger partial charge in [0.15, 0.2) is 0 Å². The maximum Gasteiger partial charge on any atom is 0.243 e. The van der Waals surface area contributed by atoms with E-state index in [1.165, 1.54) is 21.1 Å². The van der Waals surface area contributed by atoms with Crippen molar-refractivity contribution in [3.8, 4) is 5.75 Å². The third-order valence-corrected chi connectivity index (χ3v) is 5.65. The smallest absolute Gasteiger partial charge is 0.243 e. The molecule has 0 fully saturated rings. The predicted molar refractivity (Wildman–Crippen MR) is 87.2 cm³/mol. The molecule has 0 aliphatic rings. The van der Waals surface area contributed by atoms with E-state index in [9.17, 15) is 18.0 Å². The van der Waals surface area contributed by atoms with E-state index in [0.29, 0.717) is 16.9 Å². The van der Waals surface area contributed by atoms with Gasteiger partial charge in [0.1, 0.15) is 17.3 Å². The Bertz CT molecular complexity index is 686. The molecule has 23 heavy (non-hydrogen) atoms. The Labute approximate surface area is 137 Å².